The van der Waals surface area contributed by atoms with Crippen LogP contribution in [0.25, 0.3) is 11.1 Å². The van der Waals surface area contributed by atoms with Crippen LogP contribution in [-0.4, -0.2) is 48.4 Å². The van der Waals surface area contributed by atoms with Crippen LogP contribution in [0.2, 0.25) is 0 Å². The number of carbonyl (C=O) groups is 3. The molecule has 2 aliphatic carbocycles. The van der Waals surface area contributed by atoms with Gasteiger partial charge in [-0.25, -0.2) is 9.59 Å². The van der Waals surface area contributed by atoms with Gasteiger partial charge in [0, 0.05) is 12.5 Å². The standard InChI is InChI=1S/C31H32N2O6/c1-20(38-17-21-9-3-2-4-10-21)27(28(34)35)33-29(36)31(15-16-31)19-32-30(37)39-18-26-24-13-7-5-11-22(24)23-12-6-8-14-25(23)26/h2-14,20,26-27H,15-19H2,1H3,(H,32,37)(H,33,36)(H,34,35)/t20-,27+/m1/s1. The van der Waals surface area contributed by atoms with Gasteiger partial charge >= 0.3 is 12.1 Å². The number of hydrogen-bond acceptors (Lipinski definition) is 5. The molecule has 0 aliphatic heterocycles. The Hall–Kier alpha value is -4.17. The molecule has 8 heteroatoms. The van der Waals surface area contributed by atoms with Gasteiger partial charge in [-0.05, 0) is 47.6 Å². The smallest absolute Gasteiger partial charge is 0.407 e. The molecule has 3 aromatic rings. The van der Waals surface area contributed by atoms with Gasteiger partial charge < -0.3 is 25.2 Å². The molecule has 0 unspecified atom stereocenters. The van der Waals surface area contributed by atoms with E-state index in [1.807, 2.05) is 66.7 Å². The van der Waals surface area contributed by atoms with Gasteiger partial charge in [0.1, 0.15) is 6.61 Å². The minimum atomic E-state index is -1.21. The van der Waals surface area contributed by atoms with E-state index >= 15 is 0 Å². The number of alkyl carbamates (subject to hydrolysis) is 1. The van der Waals surface area contributed by atoms with Crippen molar-refractivity contribution in [2.75, 3.05) is 13.2 Å². The number of carbonyl (C=O) groups excluding carboxylic acids is 2. The van der Waals surface area contributed by atoms with E-state index in [4.69, 9.17) is 9.47 Å². The molecule has 2 aliphatic rings. The second kappa shape index (κ2) is 11.3. The molecule has 0 saturated heterocycles. The molecule has 0 bridgehead atoms. The maximum absolute atomic E-state index is 13.1. The van der Waals surface area contributed by atoms with Gasteiger partial charge in [-0.3, -0.25) is 4.79 Å². The second-order valence-electron chi connectivity index (χ2n) is 10.3. The van der Waals surface area contributed by atoms with E-state index in [0.29, 0.717) is 12.8 Å². The number of amides is 2. The molecule has 5 rings (SSSR count). The van der Waals surface area contributed by atoms with Crippen molar-refractivity contribution in [3.8, 4) is 11.1 Å². The zero-order valence-electron chi connectivity index (χ0n) is 21.8. The third-order valence-corrected chi connectivity index (χ3v) is 7.63. The summed E-state index contributed by atoms with van der Waals surface area (Å²) in [5.74, 6) is -1.65. The minimum absolute atomic E-state index is 0.0602. The molecule has 0 radical (unpaired) electrons. The van der Waals surface area contributed by atoms with Crippen molar-refractivity contribution in [3.63, 3.8) is 0 Å². The Bertz CT molecular complexity index is 1310. The SMILES string of the molecule is C[C@@H](OCc1ccccc1)[C@H](NC(=O)C1(CNC(=O)OCC2c3ccccc3-c3ccccc32)CC1)C(=O)O. The Labute approximate surface area is 227 Å². The average molecular weight is 529 g/mol. The fraction of sp³-hybridized carbons (Fsp3) is 0.323. The quantitative estimate of drug-likeness (QED) is 0.338. The van der Waals surface area contributed by atoms with E-state index in [1.54, 1.807) is 6.92 Å². The highest BCUT2D eigenvalue weighted by atomic mass is 16.5. The predicted molar refractivity (Wildman–Crippen MR) is 145 cm³/mol. The molecule has 1 fully saturated rings. The van der Waals surface area contributed by atoms with Crippen molar-refractivity contribution in [1.82, 2.24) is 10.6 Å². The van der Waals surface area contributed by atoms with Crippen LogP contribution in [0.5, 0.6) is 0 Å². The summed E-state index contributed by atoms with van der Waals surface area (Å²) in [4.78, 5) is 37.6. The topological polar surface area (TPSA) is 114 Å². The number of aliphatic carboxylic acids is 1. The molecule has 1 saturated carbocycles. The highest BCUT2D eigenvalue weighted by Crippen LogP contribution is 2.46. The van der Waals surface area contributed by atoms with Gasteiger partial charge in [0.2, 0.25) is 5.91 Å². The Morgan fingerprint density at radius 1 is 0.923 bits per heavy atom. The fourth-order valence-corrected chi connectivity index (χ4v) is 5.10. The van der Waals surface area contributed by atoms with Gasteiger partial charge in [-0.15, -0.1) is 0 Å². The van der Waals surface area contributed by atoms with Crippen molar-refractivity contribution in [2.24, 2.45) is 5.41 Å². The third-order valence-electron chi connectivity index (χ3n) is 7.63. The number of carboxylic acids is 1. The van der Waals surface area contributed by atoms with Gasteiger partial charge in [0.25, 0.3) is 0 Å². The van der Waals surface area contributed by atoms with E-state index < -0.39 is 35.5 Å². The lowest BCUT2D eigenvalue weighted by molar-refractivity contribution is -0.147. The van der Waals surface area contributed by atoms with E-state index in [9.17, 15) is 19.5 Å². The summed E-state index contributed by atoms with van der Waals surface area (Å²) in [6, 6.07) is 24.4. The van der Waals surface area contributed by atoms with Crippen molar-refractivity contribution in [3.05, 3.63) is 95.6 Å². The maximum Gasteiger partial charge on any atom is 0.407 e. The lowest BCUT2D eigenvalue weighted by Gasteiger charge is -2.24. The molecular formula is C31H32N2O6. The molecule has 39 heavy (non-hydrogen) atoms. The molecule has 0 heterocycles. The summed E-state index contributed by atoms with van der Waals surface area (Å²) in [6.45, 7) is 2.10. The van der Waals surface area contributed by atoms with Crippen molar-refractivity contribution in [1.29, 1.82) is 0 Å². The van der Waals surface area contributed by atoms with Crippen molar-refractivity contribution >= 4 is 18.0 Å². The first kappa shape index (κ1) is 26.4. The molecule has 0 aromatic heterocycles. The maximum atomic E-state index is 13.1. The lowest BCUT2D eigenvalue weighted by Crippen LogP contribution is -2.52. The molecular weight excluding hydrogens is 496 g/mol. The molecule has 2 atom stereocenters. The second-order valence-corrected chi connectivity index (χ2v) is 10.3. The van der Waals surface area contributed by atoms with E-state index in [1.165, 1.54) is 0 Å². The number of ether oxygens (including phenoxy) is 2. The zero-order valence-corrected chi connectivity index (χ0v) is 21.8. The number of benzene rings is 3. The summed E-state index contributed by atoms with van der Waals surface area (Å²) in [5, 5.41) is 15.1. The van der Waals surface area contributed by atoms with Crippen LogP contribution < -0.4 is 10.6 Å². The first-order valence-electron chi connectivity index (χ1n) is 13.2. The van der Waals surface area contributed by atoms with E-state index in [0.717, 1.165) is 27.8 Å². The average Bonchev–Trinajstić information content (AvgIpc) is 3.69. The van der Waals surface area contributed by atoms with Crippen LogP contribution >= 0.6 is 0 Å². The molecule has 202 valence electrons. The minimum Gasteiger partial charge on any atom is -0.480 e. The number of carboxylic acid groups (broad SMARTS) is 1. The summed E-state index contributed by atoms with van der Waals surface area (Å²) in [7, 11) is 0. The highest BCUT2D eigenvalue weighted by Gasteiger charge is 2.51. The highest BCUT2D eigenvalue weighted by molar-refractivity contribution is 5.90. The molecule has 8 nitrogen and oxygen atoms in total. The number of fused-ring (bicyclic) bond motifs is 3. The van der Waals surface area contributed by atoms with E-state index in [2.05, 4.69) is 22.8 Å². The molecule has 0 spiro atoms. The largest absolute Gasteiger partial charge is 0.480 e. The lowest BCUT2D eigenvalue weighted by atomic mass is 9.98. The van der Waals surface area contributed by atoms with Gasteiger partial charge in [-0.1, -0.05) is 78.9 Å². The summed E-state index contributed by atoms with van der Waals surface area (Å²) < 4.78 is 11.3. The first-order valence-corrected chi connectivity index (χ1v) is 13.2. The first-order chi connectivity index (χ1) is 18.9. The Morgan fingerprint density at radius 2 is 1.51 bits per heavy atom. The molecule has 3 aromatic carbocycles. The van der Waals surface area contributed by atoms with Crippen LogP contribution in [0, 0.1) is 5.41 Å². The molecule has 3 N–H and O–H groups in total. The van der Waals surface area contributed by atoms with Crippen molar-refractivity contribution in [2.45, 2.75) is 44.4 Å². The van der Waals surface area contributed by atoms with Gasteiger partial charge in [-0.2, -0.15) is 0 Å². The Balaban J connectivity index is 1.13. The van der Waals surface area contributed by atoms with Crippen LogP contribution in [0.4, 0.5) is 4.79 Å². The Kier molecular flexibility index (Phi) is 7.65. The number of hydrogen-bond donors (Lipinski definition) is 3. The number of nitrogens with one attached hydrogen (secondary N) is 2. The van der Waals surface area contributed by atoms with E-state index in [-0.39, 0.29) is 25.7 Å². The monoisotopic (exact) mass is 528 g/mol. The van der Waals surface area contributed by atoms with Crippen LogP contribution in [0.3, 0.4) is 0 Å². The third kappa shape index (κ3) is 5.81. The summed E-state index contributed by atoms with van der Waals surface area (Å²) in [6.07, 6.45) is -0.259. The fourth-order valence-electron chi connectivity index (χ4n) is 5.10. The summed E-state index contributed by atoms with van der Waals surface area (Å²) >= 11 is 0. The van der Waals surface area contributed by atoms with Gasteiger partial charge in [0.15, 0.2) is 6.04 Å². The predicted octanol–water partition coefficient (Wildman–Crippen LogP) is 4.48. The van der Waals surface area contributed by atoms with Crippen LogP contribution in [0.15, 0.2) is 78.9 Å². The summed E-state index contributed by atoms with van der Waals surface area (Å²) in [5.41, 5.74) is 4.58. The van der Waals surface area contributed by atoms with Gasteiger partial charge in [0.05, 0.1) is 18.1 Å². The van der Waals surface area contributed by atoms with Crippen LogP contribution in [-0.2, 0) is 25.7 Å². The molecule has 2 amide bonds. The normalized spacial score (nSPS) is 16.3. The Morgan fingerprint density at radius 3 is 2.10 bits per heavy atom. The number of rotatable bonds is 11. The van der Waals surface area contributed by atoms with Crippen molar-refractivity contribution < 1.29 is 29.0 Å². The van der Waals surface area contributed by atoms with Crippen LogP contribution in [0.1, 0.15) is 42.4 Å². The zero-order chi connectivity index (χ0) is 27.4.